The van der Waals surface area contributed by atoms with Gasteiger partial charge in [-0.1, -0.05) is 72.8 Å². The third-order valence-corrected chi connectivity index (χ3v) is 6.97. The van der Waals surface area contributed by atoms with Crippen LogP contribution in [0.15, 0.2) is 108 Å². The van der Waals surface area contributed by atoms with Crippen molar-refractivity contribution < 1.29 is 9.47 Å². The van der Waals surface area contributed by atoms with Crippen LogP contribution in [-0.2, 0) is 10.8 Å². The lowest BCUT2D eigenvalue weighted by atomic mass is 9.51. The van der Waals surface area contributed by atoms with Crippen LogP contribution >= 0.6 is 0 Å². The molecule has 5 rings (SSSR count). The topological polar surface area (TPSA) is 30.8 Å². The zero-order valence-corrected chi connectivity index (χ0v) is 19.2. The molecule has 0 radical (unpaired) electrons. The lowest BCUT2D eigenvalue weighted by molar-refractivity contribution is 0.408. The van der Waals surface area contributed by atoms with Crippen LogP contribution < -0.4 is 9.47 Å². The second kappa shape index (κ2) is 8.25. The molecule has 1 aliphatic heterocycles. The van der Waals surface area contributed by atoms with Crippen LogP contribution in [0.3, 0.4) is 0 Å². The molecule has 0 aromatic heterocycles. The summed E-state index contributed by atoms with van der Waals surface area (Å²) in [5.74, 6) is 1.67. The Morgan fingerprint density at radius 2 is 1.09 bits per heavy atom. The minimum Gasteiger partial charge on any atom is -0.497 e. The van der Waals surface area contributed by atoms with E-state index < -0.39 is 10.8 Å². The molecular weight excluding hydrogens is 406 g/mol. The number of nitrogens with zero attached hydrogens (tertiary/aromatic N) is 1. The molecule has 0 N–H and O–H groups in total. The number of methoxy groups -OCH3 is 2. The van der Waals surface area contributed by atoms with E-state index in [1.165, 1.54) is 22.3 Å². The van der Waals surface area contributed by atoms with Crippen molar-refractivity contribution in [2.75, 3.05) is 14.2 Å². The van der Waals surface area contributed by atoms with Crippen molar-refractivity contribution in [3.05, 3.63) is 125 Å². The average Bonchev–Trinajstić information content (AvgIpc) is 2.89. The van der Waals surface area contributed by atoms with E-state index in [0.717, 1.165) is 17.2 Å². The highest BCUT2D eigenvalue weighted by molar-refractivity contribution is 5.88. The molecule has 164 valence electrons. The van der Waals surface area contributed by atoms with Crippen molar-refractivity contribution in [1.29, 1.82) is 0 Å². The van der Waals surface area contributed by atoms with E-state index in [9.17, 15) is 0 Å². The normalized spacial score (nSPS) is 18.4. The molecule has 0 saturated heterocycles. The number of rotatable bonds is 5. The number of ether oxygens (including phenoxy) is 2. The van der Waals surface area contributed by atoms with Crippen LogP contribution in [0, 0.1) is 0 Å². The summed E-state index contributed by atoms with van der Waals surface area (Å²) in [5.41, 5.74) is 4.75. The molecule has 0 spiro atoms. The van der Waals surface area contributed by atoms with Crippen LogP contribution in [0.25, 0.3) is 0 Å². The molecule has 33 heavy (non-hydrogen) atoms. The Balaban J connectivity index is 1.91. The minimum atomic E-state index is -0.523. The fourth-order valence-electron chi connectivity index (χ4n) is 5.31. The molecule has 0 fully saturated rings. The van der Waals surface area contributed by atoms with Crippen LogP contribution in [0.4, 0.5) is 5.69 Å². The number of hydrogen-bond donors (Lipinski definition) is 0. The number of aliphatic imine (C=N–C) groups is 1. The fourth-order valence-corrected chi connectivity index (χ4v) is 5.31. The van der Waals surface area contributed by atoms with Gasteiger partial charge in [0.05, 0.1) is 25.3 Å². The highest BCUT2D eigenvalue weighted by atomic mass is 16.5. The van der Waals surface area contributed by atoms with Gasteiger partial charge in [-0.3, -0.25) is 4.99 Å². The third-order valence-electron chi connectivity index (χ3n) is 6.97. The van der Waals surface area contributed by atoms with Gasteiger partial charge < -0.3 is 9.47 Å². The summed E-state index contributed by atoms with van der Waals surface area (Å²) in [5, 5.41) is 0. The molecule has 1 aliphatic rings. The number of benzene rings is 4. The van der Waals surface area contributed by atoms with Crippen LogP contribution in [-0.4, -0.2) is 20.4 Å². The second-order valence-electron chi connectivity index (χ2n) is 8.55. The second-order valence-corrected chi connectivity index (χ2v) is 8.55. The molecule has 0 saturated carbocycles. The molecule has 4 aromatic rings. The van der Waals surface area contributed by atoms with Gasteiger partial charge >= 0.3 is 0 Å². The van der Waals surface area contributed by atoms with Crippen molar-refractivity contribution in [2.24, 2.45) is 4.99 Å². The summed E-state index contributed by atoms with van der Waals surface area (Å²) in [6.45, 7) is 2.29. The Bertz CT molecular complexity index is 1230. The first-order chi connectivity index (χ1) is 16.1. The molecule has 0 unspecified atom stereocenters. The average molecular weight is 434 g/mol. The number of para-hydroxylation sites is 1. The smallest absolute Gasteiger partial charge is 0.118 e. The van der Waals surface area contributed by atoms with Crippen LogP contribution in [0.1, 0.15) is 29.2 Å². The molecule has 3 nitrogen and oxygen atoms in total. The largest absolute Gasteiger partial charge is 0.497 e. The molecule has 0 bridgehead atoms. The van der Waals surface area contributed by atoms with Crippen molar-refractivity contribution in [3.8, 4) is 11.5 Å². The summed E-state index contributed by atoms with van der Waals surface area (Å²) in [7, 11) is 3.40. The van der Waals surface area contributed by atoms with E-state index in [1.54, 1.807) is 14.2 Å². The van der Waals surface area contributed by atoms with E-state index in [-0.39, 0.29) is 0 Å². The Morgan fingerprint density at radius 1 is 0.576 bits per heavy atom. The zero-order chi connectivity index (χ0) is 22.9. The highest BCUT2D eigenvalue weighted by Gasteiger charge is 2.54. The summed E-state index contributed by atoms with van der Waals surface area (Å²) in [6, 6.07) is 36.0. The minimum absolute atomic E-state index is 0.453. The first-order valence-electron chi connectivity index (χ1n) is 11.1. The van der Waals surface area contributed by atoms with E-state index in [4.69, 9.17) is 14.5 Å². The fraction of sp³-hybridized carbons (Fsp3) is 0.167. The van der Waals surface area contributed by atoms with Crippen molar-refractivity contribution >= 4 is 11.9 Å². The van der Waals surface area contributed by atoms with E-state index in [0.29, 0.717) is 0 Å². The maximum Gasteiger partial charge on any atom is 0.118 e. The van der Waals surface area contributed by atoms with E-state index in [2.05, 4.69) is 85.9 Å². The maximum atomic E-state index is 5.49. The Morgan fingerprint density at radius 3 is 1.64 bits per heavy atom. The molecule has 1 heterocycles. The van der Waals surface area contributed by atoms with E-state index >= 15 is 0 Å². The predicted octanol–water partition coefficient (Wildman–Crippen LogP) is 6.71. The third kappa shape index (κ3) is 3.15. The molecular formula is C30H27NO2. The Hall–Kier alpha value is -3.85. The van der Waals surface area contributed by atoms with Crippen molar-refractivity contribution in [2.45, 2.75) is 17.8 Å². The van der Waals surface area contributed by atoms with Gasteiger partial charge in [-0.05, 0) is 59.5 Å². The lowest BCUT2D eigenvalue weighted by Gasteiger charge is -2.51. The first kappa shape index (κ1) is 21.0. The van der Waals surface area contributed by atoms with Crippen LogP contribution in [0.5, 0.6) is 11.5 Å². The number of hydrogen-bond acceptors (Lipinski definition) is 3. The maximum absolute atomic E-state index is 5.49. The van der Waals surface area contributed by atoms with Gasteiger partial charge in [-0.25, -0.2) is 0 Å². The monoisotopic (exact) mass is 433 g/mol. The van der Waals surface area contributed by atoms with Gasteiger partial charge in [0, 0.05) is 11.6 Å². The Labute approximate surface area is 195 Å². The van der Waals surface area contributed by atoms with Gasteiger partial charge in [0.25, 0.3) is 0 Å². The SMILES string of the molecule is COc1ccc(C2(c3ccc(OC)cc3)c3ccccc3N=C[C@]2(C)c2ccccc2)cc1. The highest BCUT2D eigenvalue weighted by Crippen LogP contribution is 2.57. The van der Waals surface area contributed by atoms with Gasteiger partial charge in [0.1, 0.15) is 11.5 Å². The molecule has 1 atom stereocenters. The molecule has 0 aliphatic carbocycles. The van der Waals surface area contributed by atoms with Crippen LogP contribution in [0.2, 0.25) is 0 Å². The lowest BCUT2D eigenvalue weighted by Crippen LogP contribution is -2.51. The molecule has 0 amide bonds. The summed E-state index contributed by atoms with van der Waals surface area (Å²) < 4.78 is 11.0. The van der Waals surface area contributed by atoms with Gasteiger partial charge in [0.2, 0.25) is 0 Å². The quantitative estimate of drug-likeness (QED) is 0.350. The van der Waals surface area contributed by atoms with Crippen molar-refractivity contribution in [3.63, 3.8) is 0 Å². The molecule has 4 aromatic carbocycles. The first-order valence-corrected chi connectivity index (χ1v) is 11.1. The van der Waals surface area contributed by atoms with Gasteiger partial charge in [0.15, 0.2) is 0 Å². The molecule has 3 heteroatoms. The summed E-state index contributed by atoms with van der Waals surface area (Å²) >= 11 is 0. The van der Waals surface area contributed by atoms with E-state index in [1.807, 2.05) is 30.3 Å². The van der Waals surface area contributed by atoms with Gasteiger partial charge in [-0.2, -0.15) is 0 Å². The van der Waals surface area contributed by atoms with Crippen molar-refractivity contribution in [1.82, 2.24) is 0 Å². The Kier molecular flexibility index (Phi) is 5.26. The summed E-state index contributed by atoms with van der Waals surface area (Å²) in [6.07, 6.45) is 2.12. The standard InChI is InChI=1S/C30H27NO2/c1-29(22-9-5-4-6-10-22)21-31-28-12-8-7-11-27(28)30(29,23-13-17-25(32-2)18-14-23)24-15-19-26(33-3)20-16-24/h4-21H,1-3H3/t29-/m1/s1. The number of fused-ring (bicyclic) bond motifs is 1. The predicted molar refractivity (Wildman–Crippen MR) is 134 cm³/mol. The zero-order valence-electron chi connectivity index (χ0n) is 19.2. The summed E-state index contributed by atoms with van der Waals surface area (Å²) in [4.78, 5) is 4.96. The van der Waals surface area contributed by atoms with Gasteiger partial charge in [-0.15, -0.1) is 0 Å².